The minimum absolute atomic E-state index is 0.0507. The maximum Gasteiger partial charge on any atom is 0.218 e. The summed E-state index contributed by atoms with van der Waals surface area (Å²) in [4.78, 5) is 10.5. The van der Waals surface area contributed by atoms with E-state index in [9.17, 15) is 4.79 Å². The molecule has 0 heterocycles. The molecule has 0 bridgehead atoms. The predicted molar refractivity (Wildman–Crippen MR) is 57.9 cm³/mol. The number of primary amides is 1. The number of hydrogen-bond acceptors (Lipinski definition) is 3. The minimum atomic E-state index is -0.299. The summed E-state index contributed by atoms with van der Waals surface area (Å²) in [5.41, 5.74) is 6.99. The van der Waals surface area contributed by atoms with Crippen LogP contribution in [0.2, 0.25) is 0 Å². The van der Waals surface area contributed by atoms with Gasteiger partial charge in [-0.15, -0.1) is 0 Å². The lowest BCUT2D eigenvalue weighted by Gasteiger charge is -2.04. The maximum atomic E-state index is 10.5. The number of carbonyl (C=O) groups is 1. The summed E-state index contributed by atoms with van der Waals surface area (Å²) in [5, 5.41) is 12.0. The van der Waals surface area contributed by atoms with E-state index in [2.05, 4.69) is 5.32 Å². The number of amides is 1. The molecule has 4 N–H and O–H groups in total. The highest BCUT2D eigenvalue weighted by atomic mass is 16.3. The van der Waals surface area contributed by atoms with Crippen LogP contribution in [0.4, 0.5) is 0 Å². The van der Waals surface area contributed by atoms with Crippen LogP contribution < -0.4 is 11.1 Å². The molecule has 1 aromatic rings. The number of nitrogens with two attached hydrogens (primary N) is 1. The Morgan fingerprint density at radius 1 is 1.40 bits per heavy atom. The first-order valence-corrected chi connectivity index (χ1v) is 4.90. The standard InChI is InChI=1S/C11H16N2O2/c12-11(15)4-5-13-7-9-2-1-3-10(6-9)8-14/h1-3,6,13-14H,4-5,7-8H2,(H2,12,15). The summed E-state index contributed by atoms with van der Waals surface area (Å²) in [7, 11) is 0. The first kappa shape index (κ1) is 11.7. The van der Waals surface area contributed by atoms with E-state index in [0.717, 1.165) is 11.1 Å². The van der Waals surface area contributed by atoms with Crippen LogP contribution in [0.3, 0.4) is 0 Å². The summed E-state index contributed by atoms with van der Waals surface area (Å²) < 4.78 is 0. The second kappa shape index (κ2) is 6.16. The molecular formula is C11H16N2O2. The van der Waals surface area contributed by atoms with Gasteiger partial charge in [0, 0.05) is 19.5 Å². The zero-order valence-corrected chi connectivity index (χ0v) is 8.57. The molecule has 0 aliphatic heterocycles. The van der Waals surface area contributed by atoms with Gasteiger partial charge in [-0.3, -0.25) is 4.79 Å². The molecule has 82 valence electrons. The van der Waals surface area contributed by atoms with Crippen molar-refractivity contribution in [3.63, 3.8) is 0 Å². The Hall–Kier alpha value is -1.39. The average molecular weight is 208 g/mol. The first-order chi connectivity index (χ1) is 7.22. The van der Waals surface area contributed by atoms with Gasteiger partial charge in [0.15, 0.2) is 0 Å². The van der Waals surface area contributed by atoms with Crippen LogP contribution in [0.15, 0.2) is 24.3 Å². The topological polar surface area (TPSA) is 75.4 Å². The second-order valence-corrected chi connectivity index (χ2v) is 3.37. The lowest BCUT2D eigenvalue weighted by molar-refractivity contribution is -0.117. The zero-order chi connectivity index (χ0) is 11.1. The molecule has 1 rings (SSSR count). The van der Waals surface area contributed by atoms with Crippen molar-refractivity contribution in [3.05, 3.63) is 35.4 Å². The van der Waals surface area contributed by atoms with Gasteiger partial charge in [-0.1, -0.05) is 24.3 Å². The van der Waals surface area contributed by atoms with Crippen LogP contribution in [0.25, 0.3) is 0 Å². The van der Waals surface area contributed by atoms with Gasteiger partial charge in [0.2, 0.25) is 5.91 Å². The molecule has 0 unspecified atom stereocenters. The Morgan fingerprint density at radius 3 is 2.80 bits per heavy atom. The maximum absolute atomic E-state index is 10.5. The molecule has 0 aliphatic rings. The number of carbonyl (C=O) groups excluding carboxylic acids is 1. The normalized spacial score (nSPS) is 10.2. The van der Waals surface area contributed by atoms with E-state index >= 15 is 0 Å². The monoisotopic (exact) mass is 208 g/mol. The summed E-state index contributed by atoms with van der Waals surface area (Å²) in [6.07, 6.45) is 0.347. The minimum Gasteiger partial charge on any atom is -0.392 e. The molecule has 0 aliphatic carbocycles. The van der Waals surface area contributed by atoms with Crippen LogP contribution in [-0.4, -0.2) is 17.6 Å². The van der Waals surface area contributed by atoms with Gasteiger partial charge in [-0.25, -0.2) is 0 Å². The number of aliphatic hydroxyl groups is 1. The number of nitrogens with one attached hydrogen (secondary N) is 1. The zero-order valence-electron chi connectivity index (χ0n) is 8.57. The van der Waals surface area contributed by atoms with Gasteiger partial charge in [-0.2, -0.15) is 0 Å². The van der Waals surface area contributed by atoms with E-state index in [1.165, 1.54) is 0 Å². The van der Waals surface area contributed by atoms with Crippen molar-refractivity contribution in [3.8, 4) is 0 Å². The van der Waals surface area contributed by atoms with Crippen molar-refractivity contribution in [2.75, 3.05) is 6.54 Å². The Morgan fingerprint density at radius 2 is 2.13 bits per heavy atom. The van der Waals surface area contributed by atoms with Crippen LogP contribution in [0.5, 0.6) is 0 Å². The molecule has 1 aromatic carbocycles. The van der Waals surface area contributed by atoms with E-state index in [0.29, 0.717) is 19.5 Å². The third-order valence-electron chi connectivity index (χ3n) is 2.05. The van der Waals surface area contributed by atoms with Crippen molar-refractivity contribution < 1.29 is 9.90 Å². The quantitative estimate of drug-likeness (QED) is 0.582. The summed E-state index contributed by atoms with van der Waals surface area (Å²) >= 11 is 0. The molecule has 0 fully saturated rings. The molecule has 15 heavy (non-hydrogen) atoms. The molecule has 0 spiro atoms. The third kappa shape index (κ3) is 4.58. The van der Waals surface area contributed by atoms with Gasteiger partial charge in [0.25, 0.3) is 0 Å². The van der Waals surface area contributed by atoms with Crippen LogP contribution in [-0.2, 0) is 17.9 Å². The first-order valence-electron chi connectivity index (χ1n) is 4.90. The van der Waals surface area contributed by atoms with Crippen molar-refractivity contribution in [1.29, 1.82) is 0 Å². The number of benzene rings is 1. The Kier molecular flexibility index (Phi) is 4.80. The van der Waals surface area contributed by atoms with Gasteiger partial charge in [-0.05, 0) is 11.1 Å². The fraction of sp³-hybridized carbons (Fsp3) is 0.364. The highest BCUT2D eigenvalue weighted by Gasteiger charge is 1.96. The largest absolute Gasteiger partial charge is 0.392 e. The van der Waals surface area contributed by atoms with Crippen LogP contribution in [0.1, 0.15) is 17.5 Å². The molecular weight excluding hydrogens is 192 g/mol. The summed E-state index contributed by atoms with van der Waals surface area (Å²) in [6.45, 7) is 1.31. The van der Waals surface area contributed by atoms with E-state index in [1.807, 2.05) is 24.3 Å². The van der Waals surface area contributed by atoms with E-state index < -0.39 is 0 Å². The summed E-state index contributed by atoms with van der Waals surface area (Å²) in [6, 6.07) is 7.66. The highest BCUT2D eigenvalue weighted by molar-refractivity contribution is 5.73. The molecule has 0 radical (unpaired) electrons. The number of rotatable bonds is 6. The third-order valence-corrected chi connectivity index (χ3v) is 2.05. The molecule has 4 nitrogen and oxygen atoms in total. The number of hydrogen-bond donors (Lipinski definition) is 3. The lowest BCUT2D eigenvalue weighted by atomic mass is 10.1. The lowest BCUT2D eigenvalue weighted by Crippen LogP contribution is -2.21. The van der Waals surface area contributed by atoms with Gasteiger partial charge in [0.1, 0.15) is 0 Å². The van der Waals surface area contributed by atoms with Gasteiger partial charge in [0.05, 0.1) is 6.61 Å². The van der Waals surface area contributed by atoms with Crippen molar-refractivity contribution >= 4 is 5.91 Å². The molecule has 4 heteroatoms. The number of aliphatic hydroxyl groups excluding tert-OH is 1. The highest BCUT2D eigenvalue weighted by Crippen LogP contribution is 2.04. The second-order valence-electron chi connectivity index (χ2n) is 3.37. The Bertz CT molecular complexity index is 326. The SMILES string of the molecule is NC(=O)CCNCc1cccc(CO)c1. The van der Waals surface area contributed by atoms with E-state index in [-0.39, 0.29) is 12.5 Å². The molecule has 0 atom stereocenters. The Balaban J connectivity index is 2.33. The average Bonchev–Trinajstić information content (AvgIpc) is 2.24. The predicted octanol–water partition coefficient (Wildman–Crippen LogP) is 0.144. The fourth-order valence-corrected chi connectivity index (χ4v) is 1.28. The van der Waals surface area contributed by atoms with Gasteiger partial charge < -0.3 is 16.2 Å². The van der Waals surface area contributed by atoms with Gasteiger partial charge >= 0.3 is 0 Å². The molecule has 0 saturated carbocycles. The summed E-state index contributed by atoms with van der Waals surface area (Å²) in [5.74, 6) is -0.299. The van der Waals surface area contributed by atoms with E-state index in [1.54, 1.807) is 0 Å². The fourth-order valence-electron chi connectivity index (χ4n) is 1.28. The van der Waals surface area contributed by atoms with Crippen LogP contribution >= 0.6 is 0 Å². The molecule has 0 aromatic heterocycles. The molecule has 0 saturated heterocycles. The Labute approximate surface area is 89.1 Å². The smallest absolute Gasteiger partial charge is 0.218 e. The van der Waals surface area contributed by atoms with Crippen molar-refractivity contribution in [2.45, 2.75) is 19.6 Å². The molecule has 1 amide bonds. The van der Waals surface area contributed by atoms with E-state index in [4.69, 9.17) is 10.8 Å². The van der Waals surface area contributed by atoms with Crippen molar-refractivity contribution in [2.24, 2.45) is 5.73 Å². The van der Waals surface area contributed by atoms with Crippen molar-refractivity contribution in [1.82, 2.24) is 5.32 Å². The van der Waals surface area contributed by atoms with Crippen LogP contribution in [0, 0.1) is 0 Å².